The number of nitrogens with one attached hydrogen (secondary N) is 2. The zero-order valence-corrected chi connectivity index (χ0v) is 19.7. The number of hydrogen-bond donors (Lipinski definition) is 3. The predicted octanol–water partition coefficient (Wildman–Crippen LogP) is 3.36. The first-order valence-corrected chi connectivity index (χ1v) is 9.27. The summed E-state index contributed by atoms with van der Waals surface area (Å²) in [7, 11) is 0. The normalized spacial score (nSPS) is 12.7. The molecule has 0 aliphatic carbocycles. The topological polar surface area (TPSA) is 88.7 Å². The van der Waals surface area contributed by atoms with Gasteiger partial charge in [-0.15, -0.1) is 24.0 Å². The summed E-state index contributed by atoms with van der Waals surface area (Å²) in [5.41, 5.74) is 6.97. The number of rotatable bonds is 9. The molecule has 0 bridgehead atoms. The van der Waals surface area contributed by atoms with Crippen LogP contribution in [0.1, 0.15) is 52.2 Å². The van der Waals surface area contributed by atoms with Gasteiger partial charge in [-0.25, -0.2) is 4.99 Å². The molecule has 1 unspecified atom stereocenters. The zero-order valence-electron chi connectivity index (χ0n) is 17.4. The van der Waals surface area contributed by atoms with Gasteiger partial charge in [-0.1, -0.05) is 19.1 Å². The van der Waals surface area contributed by atoms with Crippen molar-refractivity contribution < 1.29 is 9.53 Å². The maximum absolute atomic E-state index is 11.5. The molecule has 6 nitrogen and oxygen atoms in total. The molecule has 0 saturated heterocycles. The van der Waals surface area contributed by atoms with Gasteiger partial charge in [-0.05, 0) is 52.7 Å². The van der Waals surface area contributed by atoms with Crippen LogP contribution in [0.5, 0.6) is 5.75 Å². The van der Waals surface area contributed by atoms with Crippen molar-refractivity contribution in [3.63, 3.8) is 0 Å². The van der Waals surface area contributed by atoms with E-state index in [1.807, 2.05) is 39.8 Å². The Morgan fingerprint density at radius 2 is 1.96 bits per heavy atom. The summed E-state index contributed by atoms with van der Waals surface area (Å²) >= 11 is 0. The van der Waals surface area contributed by atoms with Crippen LogP contribution < -0.4 is 21.1 Å². The van der Waals surface area contributed by atoms with Gasteiger partial charge in [-0.3, -0.25) is 4.79 Å². The van der Waals surface area contributed by atoms with Gasteiger partial charge in [0.1, 0.15) is 5.75 Å². The van der Waals surface area contributed by atoms with Gasteiger partial charge in [0, 0.05) is 18.7 Å². The summed E-state index contributed by atoms with van der Waals surface area (Å²) in [6.45, 7) is 13.5. The molecule has 1 aromatic carbocycles. The maximum Gasteiger partial charge on any atom is 0.224 e. The fraction of sp³-hybridized carbons (Fsp3) is 0.600. The Hall–Kier alpha value is -1.51. The predicted molar refractivity (Wildman–Crippen MR) is 123 cm³/mol. The summed E-state index contributed by atoms with van der Waals surface area (Å²) in [6.07, 6.45) is 1.10. The van der Waals surface area contributed by atoms with Crippen LogP contribution >= 0.6 is 24.0 Å². The third kappa shape index (κ3) is 8.81. The van der Waals surface area contributed by atoms with Gasteiger partial charge in [-0.2, -0.15) is 0 Å². The van der Waals surface area contributed by atoms with Crippen molar-refractivity contribution in [1.82, 2.24) is 10.6 Å². The highest BCUT2D eigenvalue weighted by Gasteiger charge is 2.24. The molecule has 1 atom stereocenters. The summed E-state index contributed by atoms with van der Waals surface area (Å²) in [5, 5.41) is 6.39. The fourth-order valence-electron chi connectivity index (χ4n) is 2.10. The largest absolute Gasteiger partial charge is 0.490 e. The number of nitrogens with two attached hydrogens (primary N) is 1. The van der Waals surface area contributed by atoms with E-state index in [1.54, 1.807) is 0 Å². The minimum Gasteiger partial charge on any atom is -0.490 e. The van der Waals surface area contributed by atoms with E-state index in [4.69, 9.17) is 10.5 Å². The van der Waals surface area contributed by atoms with Crippen molar-refractivity contribution >= 4 is 35.8 Å². The second-order valence-electron chi connectivity index (χ2n) is 7.24. The lowest BCUT2D eigenvalue weighted by Crippen LogP contribution is -2.46. The smallest absolute Gasteiger partial charge is 0.224 e. The Morgan fingerprint density at radius 1 is 1.30 bits per heavy atom. The molecule has 0 aromatic heterocycles. The molecule has 0 fully saturated rings. The van der Waals surface area contributed by atoms with Crippen LogP contribution in [0.25, 0.3) is 0 Å². The van der Waals surface area contributed by atoms with Crippen LogP contribution in [0.3, 0.4) is 0 Å². The summed E-state index contributed by atoms with van der Waals surface area (Å²) in [4.78, 5) is 16.1. The molecule has 0 saturated carbocycles. The van der Waals surface area contributed by atoms with Crippen LogP contribution in [-0.4, -0.2) is 31.1 Å². The molecule has 0 aliphatic rings. The van der Waals surface area contributed by atoms with Crippen LogP contribution in [0.4, 0.5) is 0 Å². The molecule has 0 radical (unpaired) electrons. The zero-order chi connectivity index (χ0) is 19.7. The Bertz CT molecular complexity index is 632. The lowest BCUT2D eigenvalue weighted by Gasteiger charge is -2.22. The first-order valence-electron chi connectivity index (χ1n) is 9.27. The molecule has 1 amide bonds. The van der Waals surface area contributed by atoms with Gasteiger partial charge in [0.25, 0.3) is 0 Å². The standard InChI is InChI=1S/C20H34N4O2.HI/c1-7-15(4)26-17-11-14(3)9-10-16(17)12-23-19(22-8-2)24-13-20(5,6)18(21)25;/h9-11,15H,7-8,12-13H2,1-6H3,(H2,21,25)(H2,22,23,24);1H. The van der Waals surface area contributed by atoms with Crippen molar-refractivity contribution in [1.29, 1.82) is 0 Å². The first kappa shape index (κ1) is 25.5. The number of primary amides is 1. The van der Waals surface area contributed by atoms with Crippen LogP contribution in [0.2, 0.25) is 0 Å². The second kappa shape index (κ2) is 12.0. The van der Waals surface area contributed by atoms with Crippen molar-refractivity contribution in [3.8, 4) is 5.75 Å². The maximum atomic E-state index is 11.5. The molecule has 27 heavy (non-hydrogen) atoms. The van der Waals surface area contributed by atoms with Gasteiger partial charge in [0.2, 0.25) is 5.91 Å². The number of guanidine groups is 1. The van der Waals surface area contributed by atoms with Crippen molar-refractivity contribution in [2.75, 3.05) is 13.1 Å². The van der Waals surface area contributed by atoms with E-state index in [2.05, 4.69) is 35.5 Å². The summed E-state index contributed by atoms with van der Waals surface area (Å²) in [6, 6.07) is 6.16. The number of carbonyl (C=O) groups is 1. The number of amides is 1. The van der Waals surface area contributed by atoms with Crippen molar-refractivity contribution in [2.45, 2.75) is 60.6 Å². The van der Waals surface area contributed by atoms with E-state index in [-0.39, 0.29) is 36.0 Å². The van der Waals surface area contributed by atoms with E-state index in [1.165, 1.54) is 0 Å². The minimum atomic E-state index is -0.648. The van der Waals surface area contributed by atoms with E-state index < -0.39 is 5.41 Å². The van der Waals surface area contributed by atoms with Crippen LogP contribution in [0, 0.1) is 12.3 Å². The number of hydrogen-bond acceptors (Lipinski definition) is 3. The highest BCUT2D eigenvalue weighted by molar-refractivity contribution is 14.0. The lowest BCUT2D eigenvalue weighted by molar-refractivity contribution is -0.125. The number of benzene rings is 1. The van der Waals surface area contributed by atoms with E-state index in [9.17, 15) is 4.79 Å². The van der Waals surface area contributed by atoms with Crippen LogP contribution in [-0.2, 0) is 11.3 Å². The molecular weight excluding hydrogens is 455 g/mol. The number of carbonyl (C=O) groups excluding carboxylic acids is 1. The summed E-state index contributed by atoms with van der Waals surface area (Å²) < 4.78 is 6.04. The van der Waals surface area contributed by atoms with E-state index >= 15 is 0 Å². The van der Waals surface area contributed by atoms with Gasteiger partial charge < -0.3 is 21.1 Å². The third-order valence-corrected chi connectivity index (χ3v) is 4.24. The highest BCUT2D eigenvalue weighted by Crippen LogP contribution is 2.23. The lowest BCUT2D eigenvalue weighted by atomic mass is 9.93. The van der Waals surface area contributed by atoms with Gasteiger partial charge in [0.05, 0.1) is 18.1 Å². The Morgan fingerprint density at radius 3 is 2.52 bits per heavy atom. The first-order chi connectivity index (χ1) is 12.2. The third-order valence-electron chi connectivity index (χ3n) is 4.24. The van der Waals surface area contributed by atoms with E-state index in [0.29, 0.717) is 19.0 Å². The fourth-order valence-corrected chi connectivity index (χ4v) is 2.10. The molecule has 1 rings (SSSR count). The van der Waals surface area contributed by atoms with Gasteiger partial charge in [0.15, 0.2) is 5.96 Å². The van der Waals surface area contributed by atoms with Crippen LogP contribution in [0.15, 0.2) is 23.2 Å². The Kier molecular flexibility index (Phi) is 11.4. The number of aliphatic imine (C=N–C) groups is 1. The highest BCUT2D eigenvalue weighted by atomic mass is 127. The number of ether oxygens (including phenoxy) is 1. The molecule has 0 heterocycles. The molecule has 4 N–H and O–H groups in total. The molecule has 7 heteroatoms. The minimum absolute atomic E-state index is 0. The molecular formula is C20H35IN4O2. The monoisotopic (exact) mass is 490 g/mol. The average Bonchev–Trinajstić information content (AvgIpc) is 2.58. The number of aryl methyl sites for hydroxylation is 1. The summed E-state index contributed by atoms with van der Waals surface area (Å²) in [5.74, 6) is 1.18. The van der Waals surface area contributed by atoms with Crippen molar-refractivity contribution in [2.24, 2.45) is 16.1 Å². The number of nitrogens with zero attached hydrogens (tertiary/aromatic N) is 1. The van der Waals surface area contributed by atoms with Gasteiger partial charge >= 0.3 is 0 Å². The SMILES string of the molecule is CCNC(=NCc1ccc(C)cc1OC(C)CC)NCC(C)(C)C(N)=O.I. The molecule has 0 aliphatic heterocycles. The van der Waals surface area contributed by atoms with E-state index in [0.717, 1.165) is 29.8 Å². The quantitative estimate of drug-likeness (QED) is 0.282. The second-order valence-corrected chi connectivity index (χ2v) is 7.24. The molecule has 0 spiro atoms. The van der Waals surface area contributed by atoms with Crippen molar-refractivity contribution in [3.05, 3.63) is 29.3 Å². The number of halogens is 1. The molecule has 1 aromatic rings. The Balaban J connectivity index is 0.00000676. The Labute approximate surface area is 180 Å². The molecule has 154 valence electrons. The average molecular weight is 490 g/mol.